The van der Waals surface area contributed by atoms with Crippen molar-refractivity contribution in [2.45, 2.75) is 95.7 Å². The number of carboxylic acid groups (broad SMARTS) is 1. The van der Waals surface area contributed by atoms with Gasteiger partial charge >= 0.3 is 5.97 Å². The number of aliphatic hydroxyl groups is 3. The van der Waals surface area contributed by atoms with E-state index >= 15 is 4.79 Å². The molecular formula is C25H43N3O10. The van der Waals surface area contributed by atoms with Crippen molar-refractivity contribution < 1.29 is 53.3 Å². The van der Waals surface area contributed by atoms with E-state index in [4.69, 9.17) is 9.85 Å². The maximum Gasteiger partial charge on any atom is 0.343 e. The van der Waals surface area contributed by atoms with Crippen molar-refractivity contribution in [1.82, 2.24) is 9.80 Å². The zero-order chi connectivity index (χ0) is 32.7. The van der Waals surface area contributed by atoms with Crippen molar-refractivity contribution in [2.24, 2.45) is 11.7 Å². The molecule has 0 radical (unpaired) electrons. The van der Waals surface area contributed by atoms with Crippen molar-refractivity contribution >= 4 is 35.0 Å². The van der Waals surface area contributed by atoms with Crippen LogP contribution in [0.15, 0.2) is 0 Å². The molecule has 0 spiro atoms. The number of hydrogen-bond donors (Lipinski definition) is 5. The predicted molar refractivity (Wildman–Crippen MR) is 136 cm³/mol. The van der Waals surface area contributed by atoms with Crippen molar-refractivity contribution in [2.75, 3.05) is 21.1 Å². The van der Waals surface area contributed by atoms with Gasteiger partial charge in [0.05, 0.1) is 6.04 Å². The van der Waals surface area contributed by atoms with Crippen LogP contribution in [-0.4, -0.2) is 121 Å². The smallest absolute Gasteiger partial charge is 0.343 e. The summed E-state index contributed by atoms with van der Waals surface area (Å²) in [6, 6.07) is -1.29. The highest BCUT2D eigenvalue weighted by atomic mass is 16.4. The average molecular weight is 549 g/mol. The molecular weight excluding hydrogens is 502 g/mol. The van der Waals surface area contributed by atoms with Gasteiger partial charge in [0, 0.05) is 17.6 Å². The fraction of sp³-hybridized carbons (Fsp3) is 0.760. The molecule has 1 unspecified atom stereocenters. The number of nitrogens with zero attached hydrogens (tertiary/aromatic N) is 2. The summed E-state index contributed by atoms with van der Waals surface area (Å²) in [5.74, 6) is -11.1. The molecule has 7 atom stereocenters. The maximum atomic E-state index is 15.1. The first-order valence-electron chi connectivity index (χ1n) is 14.1. The molecule has 1 amide bonds. The highest BCUT2D eigenvalue weighted by Gasteiger charge is 2.68. The van der Waals surface area contributed by atoms with Crippen LogP contribution >= 0.6 is 0 Å². The molecule has 218 valence electrons. The monoisotopic (exact) mass is 548 g/mol. The van der Waals surface area contributed by atoms with Crippen LogP contribution < -0.4 is 5.73 Å². The van der Waals surface area contributed by atoms with Gasteiger partial charge in [0.15, 0.2) is 28.4 Å². The van der Waals surface area contributed by atoms with Crippen molar-refractivity contribution in [3.8, 4) is 0 Å². The van der Waals surface area contributed by atoms with E-state index in [-0.39, 0.29) is 17.7 Å². The third-order valence-electron chi connectivity index (χ3n) is 6.91. The number of carboxylic acids is 1. The minimum absolute atomic E-state index is 0.0102. The number of Topliss-reactive ketones (excluding diaryl/α,β-unsaturated/α-hetero) is 4. The maximum absolute atomic E-state index is 15.1. The van der Waals surface area contributed by atoms with E-state index in [1.807, 2.05) is 0 Å². The predicted octanol–water partition coefficient (Wildman–Crippen LogP) is -1.47. The molecule has 0 aromatic rings. The van der Waals surface area contributed by atoms with Gasteiger partial charge in [0.1, 0.15) is 12.2 Å². The molecule has 0 saturated carbocycles. The van der Waals surface area contributed by atoms with Crippen LogP contribution in [0.3, 0.4) is 0 Å². The van der Waals surface area contributed by atoms with Crippen LogP contribution in [0.25, 0.3) is 0 Å². The molecule has 0 aliphatic carbocycles. The Kier molecular flexibility index (Phi) is 10.2. The number of aliphatic hydroxyl groups excluding tert-OH is 2. The molecule has 38 heavy (non-hydrogen) atoms. The van der Waals surface area contributed by atoms with Gasteiger partial charge in [-0.25, -0.2) is 4.79 Å². The Hall–Kier alpha value is -2.58. The second-order valence-electron chi connectivity index (χ2n) is 9.65. The summed E-state index contributed by atoms with van der Waals surface area (Å²) in [4.78, 5) is 82.4. The molecule has 13 heteroatoms. The molecule has 6 N–H and O–H groups in total. The summed E-state index contributed by atoms with van der Waals surface area (Å²) in [5, 5.41) is 41.2. The van der Waals surface area contributed by atoms with E-state index in [0.29, 0.717) is 11.8 Å². The quantitative estimate of drug-likeness (QED) is 0.140. The third-order valence-corrected chi connectivity index (χ3v) is 6.91. The topological polar surface area (TPSA) is 216 Å². The van der Waals surface area contributed by atoms with E-state index in [9.17, 15) is 44.4 Å². The van der Waals surface area contributed by atoms with Crippen LogP contribution in [0.1, 0.15) is 64.9 Å². The fourth-order valence-electron chi connectivity index (χ4n) is 4.19. The minimum atomic E-state index is -3.43. The van der Waals surface area contributed by atoms with Gasteiger partial charge in [-0.1, -0.05) is 27.2 Å². The summed E-state index contributed by atoms with van der Waals surface area (Å²) in [5.41, 5.74) is -3.87. The van der Waals surface area contributed by atoms with E-state index in [1.54, 1.807) is 0 Å². The summed E-state index contributed by atoms with van der Waals surface area (Å²) in [7, 11) is -3.34. The van der Waals surface area contributed by atoms with Crippen LogP contribution in [0, 0.1) is 5.92 Å². The Balaban J connectivity index is 8.56. The molecule has 13 nitrogen and oxygen atoms in total. The molecule has 0 aromatic heterocycles. The fourth-order valence-corrected chi connectivity index (χ4v) is 4.19. The number of likely N-dealkylation sites (N-methyl/N-ethyl adjacent to an activating group) is 2. The highest BCUT2D eigenvalue weighted by Crippen LogP contribution is 2.40. The molecule has 0 aromatic carbocycles. The first-order chi connectivity index (χ1) is 18.8. The number of hydrogen-bond acceptors (Lipinski definition) is 11. The molecule has 0 heterocycles. The van der Waals surface area contributed by atoms with Gasteiger partial charge in [-0.05, 0) is 47.2 Å². The van der Waals surface area contributed by atoms with Gasteiger partial charge in [-0.15, -0.1) is 0 Å². The molecule has 0 aliphatic heterocycles. The lowest BCUT2D eigenvalue weighted by molar-refractivity contribution is -0.180. The van der Waals surface area contributed by atoms with Gasteiger partial charge in [0.25, 0.3) is 5.91 Å². The van der Waals surface area contributed by atoms with Crippen LogP contribution in [0.2, 0.25) is 0 Å². The Morgan fingerprint density at radius 2 is 1.45 bits per heavy atom. The summed E-state index contributed by atoms with van der Waals surface area (Å²) in [6.45, 7) is 6.48. The van der Waals surface area contributed by atoms with Gasteiger partial charge < -0.3 is 31.1 Å². The first-order valence-corrected chi connectivity index (χ1v) is 12.0. The Morgan fingerprint density at radius 1 is 0.921 bits per heavy atom. The molecule has 0 bridgehead atoms. The second-order valence-corrected chi connectivity index (χ2v) is 9.65. The minimum Gasteiger partial charge on any atom is -0.479 e. The van der Waals surface area contributed by atoms with E-state index < -0.39 is 103 Å². The summed E-state index contributed by atoms with van der Waals surface area (Å²) in [6.07, 6.45) is -5.44. The normalized spacial score (nSPS) is 20.7. The number of carbonyl (C=O) groups excluding carboxylic acids is 5. The number of carbonyl (C=O) groups is 6. The summed E-state index contributed by atoms with van der Waals surface area (Å²) < 4.78 is 24.1. The Labute approximate surface area is 227 Å². The molecule has 0 saturated heterocycles. The molecule has 0 fully saturated rings. The Morgan fingerprint density at radius 3 is 1.79 bits per heavy atom. The number of amides is 1. The number of rotatable bonds is 16. The largest absolute Gasteiger partial charge is 0.479 e. The highest BCUT2D eigenvalue weighted by molar-refractivity contribution is 6.30. The number of aliphatic carboxylic acids is 1. The van der Waals surface area contributed by atoms with Gasteiger partial charge in [-0.3, -0.25) is 28.9 Å². The van der Waals surface area contributed by atoms with Crippen molar-refractivity contribution in [1.29, 1.82) is 0 Å². The van der Waals surface area contributed by atoms with Crippen LogP contribution in [0.5, 0.6) is 0 Å². The average Bonchev–Trinajstić information content (AvgIpc) is 2.92. The van der Waals surface area contributed by atoms with Crippen molar-refractivity contribution in [3.05, 3.63) is 0 Å². The zero-order valence-electron chi connectivity index (χ0n) is 25.8. The van der Waals surface area contributed by atoms with E-state index in [2.05, 4.69) is 0 Å². The molecule has 0 aliphatic rings. The lowest BCUT2D eigenvalue weighted by atomic mass is 9.62. The standard InChI is InChI=1S/C25H43N3O10/c1-10-13(3)25(28(9)19(33)15(5)30,20(34)23(6,38)22(36)37)21(35)24(27(7)8,18(32)14(4)29)12-17(31)16(26)11-2/h13-16,29-30,38H,10-12,26H2,1-9H3,(H,36,37)/t13-,14-,15-,16?,23+,24+,25-/m0/s1/i7D,8D,9D. The SMILES string of the molecule is [2H]CN(C[2H])[C@](CC(=O)C(N)CC)(C(=O)[C@H](C)O)C(=O)[C@@](C(=O)[C@@](C)(O)C(=O)O)([C@@H](C)CC)N(C[2H])C(=O)[C@H](C)O. The van der Waals surface area contributed by atoms with Crippen molar-refractivity contribution in [3.63, 3.8) is 0 Å². The van der Waals surface area contributed by atoms with Crippen LogP contribution in [0.4, 0.5) is 0 Å². The zero-order valence-corrected chi connectivity index (χ0v) is 22.8. The van der Waals surface area contributed by atoms with E-state index in [1.165, 1.54) is 20.8 Å². The lowest BCUT2D eigenvalue weighted by Gasteiger charge is -2.51. The Bertz CT molecular complexity index is 1010. The summed E-state index contributed by atoms with van der Waals surface area (Å²) >= 11 is 0. The number of ketones is 4. The third kappa shape index (κ3) is 6.01. The van der Waals surface area contributed by atoms with Gasteiger partial charge in [0.2, 0.25) is 11.4 Å². The second kappa shape index (κ2) is 13.0. The van der Waals surface area contributed by atoms with Crippen LogP contribution in [-0.2, 0) is 28.8 Å². The number of nitrogens with two attached hydrogens (primary N) is 1. The lowest BCUT2D eigenvalue weighted by Crippen LogP contribution is -2.78. The molecule has 0 rings (SSSR count). The first kappa shape index (κ1) is 30.0. The van der Waals surface area contributed by atoms with E-state index in [0.717, 1.165) is 13.8 Å². The van der Waals surface area contributed by atoms with Gasteiger partial charge in [-0.2, -0.15) is 0 Å².